The van der Waals surface area contributed by atoms with Crippen LogP contribution in [0.25, 0.3) is 48.7 Å². The topological polar surface area (TPSA) is 0 Å². The van der Waals surface area contributed by atoms with Crippen molar-refractivity contribution in [2.24, 2.45) is 0 Å². The van der Waals surface area contributed by atoms with Gasteiger partial charge in [0.05, 0.1) is 9.40 Å². The fourth-order valence-corrected chi connectivity index (χ4v) is 13.2. The summed E-state index contributed by atoms with van der Waals surface area (Å²) in [5.74, 6) is 1.24. The Balaban J connectivity index is 1.50. The van der Waals surface area contributed by atoms with E-state index in [2.05, 4.69) is 50.6 Å². The van der Waals surface area contributed by atoms with Gasteiger partial charge in [-0.2, -0.15) is 10.5 Å². The lowest BCUT2D eigenvalue weighted by molar-refractivity contribution is 1.49. The van der Waals surface area contributed by atoms with Crippen molar-refractivity contribution in [2.75, 3.05) is 6.26 Å². The van der Waals surface area contributed by atoms with E-state index in [1.807, 2.05) is 56.7 Å². The Hall–Kier alpha value is -1.02. The summed E-state index contributed by atoms with van der Waals surface area (Å²) in [6, 6.07) is 7.27. The minimum absolute atomic E-state index is 0.440. The van der Waals surface area contributed by atoms with Crippen LogP contribution in [-0.4, -0.2) is 11.6 Å². The van der Waals surface area contributed by atoms with E-state index >= 15 is 0 Å². The summed E-state index contributed by atoms with van der Waals surface area (Å²) in [6.45, 7) is 6.92. The van der Waals surface area contributed by atoms with Gasteiger partial charge in [-0.1, -0.05) is 0 Å². The number of fused-ring (bicyclic) bond motifs is 7. The van der Waals surface area contributed by atoms with Crippen molar-refractivity contribution in [3.63, 3.8) is 0 Å². The second-order valence-corrected chi connectivity index (χ2v) is 15.6. The highest BCUT2D eigenvalue weighted by atomic mass is 32.2. The van der Waals surface area contributed by atoms with Gasteiger partial charge in [0.15, 0.2) is 0 Å². The fourth-order valence-electron chi connectivity index (χ4n) is 4.70. The molecule has 1 aromatic carbocycles. The molecular weight excluding hydrogens is 481 g/mol. The fraction of sp³-hybridized carbons (Fsp3) is 0.208. The average molecular weight is 499 g/mol. The molecule has 1 unspecified atom stereocenters. The van der Waals surface area contributed by atoms with E-state index in [1.54, 1.807) is 5.56 Å². The van der Waals surface area contributed by atoms with Crippen molar-refractivity contribution in [3.05, 3.63) is 44.6 Å². The van der Waals surface area contributed by atoms with E-state index in [0.29, 0.717) is 10.5 Å². The summed E-state index contributed by atoms with van der Waals surface area (Å²) in [4.78, 5) is 5.83. The maximum atomic E-state index is 2.48. The van der Waals surface area contributed by atoms with Crippen molar-refractivity contribution in [2.45, 2.75) is 26.5 Å². The molecule has 0 saturated carbocycles. The van der Waals surface area contributed by atoms with Crippen molar-refractivity contribution < 1.29 is 0 Å². The van der Waals surface area contributed by atoms with E-state index in [1.165, 1.54) is 75.4 Å². The summed E-state index contributed by atoms with van der Waals surface area (Å²) in [5.41, 5.74) is 4.52. The number of rotatable bonds is 1. The molecular formula is C24H18S6. The lowest BCUT2D eigenvalue weighted by Gasteiger charge is -2.05. The Morgan fingerprint density at radius 2 is 1.33 bits per heavy atom. The van der Waals surface area contributed by atoms with Crippen LogP contribution in [0.15, 0.2) is 18.2 Å². The predicted octanol–water partition coefficient (Wildman–Crippen LogP) is 9.76. The molecule has 0 radical (unpaired) electrons. The number of benzene rings is 1. The quantitative estimate of drug-likeness (QED) is 0.198. The van der Waals surface area contributed by atoms with E-state index in [4.69, 9.17) is 0 Å². The largest absolute Gasteiger partial charge is 0.183 e. The molecule has 6 aromatic rings. The Kier molecular flexibility index (Phi) is 3.88. The van der Waals surface area contributed by atoms with E-state index in [-0.39, 0.29) is 0 Å². The monoisotopic (exact) mass is 498 g/mol. The van der Waals surface area contributed by atoms with Gasteiger partial charge in [0, 0.05) is 54.8 Å². The van der Waals surface area contributed by atoms with Crippen LogP contribution < -0.4 is 0 Å². The maximum Gasteiger partial charge on any atom is 0.0539 e. The third-order valence-corrected chi connectivity index (χ3v) is 13.9. The van der Waals surface area contributed by atoms with Crippen molar-refractivity contribution in [1.29, 1.82) is 0 Å². The summed E-state index contributed by atoms with van der Waals surface area (Å²) in [6.07, 6.45) is 2.35. The first-order valence-corrected chi connectivity index (χ1v) is 15.8. The van der Waals surface area contributed by atoms with Crippen LogP contribution in [0, 0.1) is 20.8 Å². The van der Waals surface area contributed by atoms with Crippen molar-refractivity contribution in [3.8, 4) is 9.75 Å². The van der Waals surface area contributed by atoms with E-state index in [0.717, 1.165) is 0 Å². The van der Waals surface area contributed by atoms with Crippen LogP contribution in [0.5, 0.6) is 0 Å². The van der Waals surface area contributed by atoms with Gasteiger partial charge in [-0.3, -0.25) is 0 Å². The smallest absolute Gasteiger partial charge is 0.0539 e. The van der Waals surface area contributed by atoms with Crippen LogP contribution >= 0.6 is 67.2 Å². The van der Waals surface area contributed by atoms with Gasteiger partial charge in [-0.05, 0) is 67.3 Å². The van der Waals surface area contributed by atoms with Crippen LogP contribution in [0.4, 0.5) is 0 Å². The van der Waals surface area contributed by atoms with Crippen molar-refractivity contribution in [1.82, 2.24) is 0 Å². The highest BCUT2D eigenvalue weighted by Gasteiger charge is 2.22. The Morgan fingerprint density at radius 3 is 2.03 bits per heavy atom. The molecule has 1 aliphatic rings. The molecule has 6 heterocycles. The van der Waals surface area contributed by atoms with Crippen LogP contribution in [-0.2, 0) is 5.75 Å². The molecule has 0 amide bonds. The molecule has 30 heavy (non-hydrogen) atoms. The summed E-state index contributed by atoms with van der Waals surface area (Å²) in [5, 5.41) is 5.49. The lowest BCUT2D eigenvalue weighted by atomic mass is 10.0. The zero-order valence-electron chi connectivity index (χ0n) is 17.0. The molecule has 1 aliphatic heterocycles. The average Bonchev–Trinajstić information content (AvgIpc) is 3.44. The normalized spacial score (nSPS) is 16.5. The van der Waals surface area contributed by atoms with Crippen LogP contribution in [0.3, 0.4) is 0 Å². The summed E-state index contributed by atoms with van der Waals surface area (Å²) in [7, 11) is 0.440. The molecule has 0 nitrogen and oxygen atoms in total. The lowest BCUT2D eigenvalue weighted by Crippen LogP contribution is -1.80. The molecule has 0 bridgehead atoms. The third-order valence-electron chi connectivity index (χ3n) is 6.06. The third kappa shape index (κ3) is 2.41. The standard InChI is InChI=1S/C24H18S6/c1-10-5-16-23(25-10)19-11(2)22-20(12(3)21(19)28-16)24-17(29-22)7-15(27-24)14-6-13-8-30(4)9-18(13)26-14/h5-7,9H,8H2,1-4H3. The summed E-state index contributed by atoms with van der Waals surface area (Å²) >= 11 is 9.94. The maximum absolute atomic E-state index is 2.48. The molecule has 0 spiro atoms. The number of aryl methyl sites for hydroxylation is 3. The highest BCUT2D eigenvalue weighted by Crippen LogP contribution is 2.52. The molecule has 0 fully saturated rings. The van der Waals surface area contributed by atoms with Crippen LogP contribution in [0.2, 0.25) is 0 Å². The molecule has 7 rings (SSSR count). The molecule has 5 aromatic heterocycles. The van der Waals surface area contributed by atoms with Crippen molar-refractivity contribution >= 4 is 112 Å². The van der Waals surface area contributed by atoms with Gasteiger partial charge in [-0.25, -0.2) is 0 Å². The van der Waals surface area contributed by atoms with Gasteiger partial charge in [0.2, 0.25) is 0 Å². The van der Waals surface area contributed by atoms with Gasteiger partial charge in [0.1, 0.15) is 0 Å². The molecule has 0 saturated heterocycles. The second-order valence-electron chi connectivity index (χ2n) is 8.17. The Labute approximate surface area is 197 Å². The van der Waals surface area contributed by atoms with E-state index in [9.17, 15) is 0 Å². The predicted molar refractivity (Wildman–Crippen MR) is 148 cm³/mol. The molecule has 0 aliphatic carbocycles. The molecule has 6 heteroatoms. The first-order valence-electron chi connectivity index (χ1n) is 9.85. The molecule has 1 atom stereocenters. The Bertz CT molecular complexity index is 1700. The number of hydrogen-bond acceptors (Lipinski definition) is 5. The minimum atomic E-state index is 0.440. The number of hydrogen-bond donors (Lipinski definition) is 0. The first-order chi connectivity index (χ1) is 14.5. The SMILES string of the molecule is Cc1cc2sc3c(C)c4c(sc5cc(-c6cc7c(s6)C=S(C)C7)sc54)c(C)c3c2s1. The molecule has 0 N–H and O–H groups in total. The zero-order valence-corrected chi connectivity index (χ0v) is 21.9. The van der Waals surface area contributed by atoms with Gasteiger partial charge >= 0.3 is 0 Å². The zero-order chi connectivity index (χ0) is 20.3. The van der Waals surface area contributed by atoms with Gasteiger partial charge in [-0.15, -0.1) is 56.7 Å². The second kappa shape index (κ2) is 6.27. The van der Waals surface area contributed by atoms with Gasteiger partial charge in [0.25, 0.3) is 0 Å². The van der Waals surface area contributed by atoms with E-state index < -0.39 is 0 Å². The first kappa shape index (κ1) is 18.5. The van der Waals surface area contributed by atoms with Gasteiger partial charge < -0.3 is 0 Å². The Morgan fingerprint density at radius 1 is 0.700 bits per heavy atom. The van der Waals surface area contributed by atoms with Crippen LogP contribution in [0.1, 0.15) is 26.4 Å². The summed E-state index contributed by atoms with van der Waals surface area (Å²) < 4.78 is 8.89. The highest BCUT2D eigenvalue weighted by molar-refractivity contribution is 8.14. The number of thiophene rings is 5. The minimum Gasteiger partial charge on any atom is -0.183 e. The molecule has 150 valence electrons.